The Kier molecular flexibility index (Phi) is 4.29. The molecule has 1 aromatic heterocycles. The molecule has 0 aromatic carbocycles. The summed E-state index contributed by atoms with van der Waals surface area (Å²) in [6.07, 6.45) is 6.61. The van der Waals surface area contributed by atoms with Crippen molar-refractivity contribution < 1.29 is 0 Å². The summed E-state index contributed by atoms with van der Waals surface area (Å²) in [6, 6.07) is 0.436. The van der Waals surface area contributed by atoms with E-state index in [9.17, 15) is 0 Å². The molecule has 1 unspecified atom stereocenters. The van der Waals surface area contributed by atoms with Crippen LogP contribution >= 0.6 is 0 Å². The number of nitrogens with zero attached hydrogens (tertiary/aromatic N) is 2. The molecular formula is C17H31N3. The van der Waals surface area contributed by atoms with Crippen molar-refractivity contribution in [3.05, 3.63) is 18.0 Å². The SMILES string of the molecule is CCCNC(c1cnn(CCC)c1)C1C(C)(C)C1(C)C. The largest absolute Gasteiger partial charge is 0.310 e. The number of hydrogen-bond donors (Lipinski definition) is 1. The van der Waals surface area contributed by atoms with Crippen LogP contribution in [0.15, 0.2) is 12.4 Å². The lowest BCUT2D eigenvalue weighted by molar-refractivity contribution is 0.409. The predicted molar refractivity (Wildman–Crippen MR) is 84.6 cm³/mol. The van der Waals surface area contributed by atoms with Crippen molar-refractivity contribution in [3.8, 4) is 0 Å². The lowest BCUT2D eigenvalue weighted by Crippen LogP contribution is -2.26. The molecule has 20 heavy (non-hydrogen) atoms. The third kappa shape index (κ3) is 2.52. The standard InChI is InChI=1S/C17H31N3/c1-7-9-18-14(15-16(3,4)17(15,5)6)13-11-19-20(12-13)10-8-2/h11-12,14-15,18H,7-10H2,1-6H3. The molecule has 0 spiro atoms. The first-order chi connectivity index (χ1) is 9.36. The van der Waals surface area contributed by atoms with Crippen molar-refractivity contribution >= 4 is 0 Å². The highest BCUT2D eigenvalue weighted by molar-refractivity contribution is 5.24. The van der Waals surface area contributed by atoms with Crippen molar-refractivity contribution in [2.45, 2.75) is 67.0 Å². The van der Waals surface area contributed by atoms with Gasteiger partial charge in [0, 0.05) is 24.3 Å². The van der Waals surface area contributed by atoms with Crippen LogP contribution in [0.5, 0.6) is 0 Å². The predicted octanol–water partition coefficient (Wildman–Crippen LogP) is 4.02. The molecule has 0 aliphatic heterocycles. The van der Waals surface area contributed by atoms with Gasteiger partial charge in [0.1, 0.15) is 0 Å². The first kappa shape index (κ1) is 15.6. The maximum absolute atomic E-state index is 4.52. The van der Waals surface area contributed by atoms with Gasteiger partial charge in [-0.05, 0) is 36.1 Å². The molecule has 1 saturated carbocycles. The van der Waals surface area contributed by atoms with E-state index in [2.05, 4.69) is 69.0 Å². The van der Waals surface area contributed by atoms with Gasteiger partial charge in [-0.15, -0.1) is 0 Å². The smallest absolute Gasteiger partial charge is 0.0537 e. The average Bonchev–Trinajstić information content (AvgIpc) is 2.73. The minimum Gasteiger partial charge on any atom is -0.310 e. The second-order valence-corrected chi connectivity index (χ2v) is 7.39. The first-order valence-electron chi connectivity index (χ1n) is 8.12. The molecule has 1 fully saturated rings. The van der Waals surface area contributed by atoms with Crippen LogP contribution < -0.4 is 5.32 Å². The summed E-state index contributed by atoms with van der Waals surface area (Å²) < 4.78 is 2.08. The van der Waals surface area contributed by atoms with E-state index in [1.807, 2.05) is 0 Å². The maximum atomic E-state index is 4.52. The summed E-state index contributed by atoms with van der Waals surface area (Å²) in [5, 5.41) is 8.28. The van der Waals surface area contributed by atoms with Gasteiger partial charge in [0.05, 0.1) is 6.20 Å². The molecule has 114 valence electrons. The number of rotatable bonds is 7. The number of aromatic nitrogens is 2. The van der Waals surface area contributed by atoms with Crippen LogP contribution in [0, 0.1) is 16.7 Å². The van der Waals surface area contributed by atoms with Gasteiger partial charge in [-0.25, -0.2) is 0 Å². The second-order valence-electron chi connectivity index (χ2n) is 7.39. The summed E-state index contributed by atoms with van der Waals surface area (Å²) >= 11 is 0. The van der Waals surface area contributed by atoms with E-state index in [0.29, 0.717) is 22.8 Å². The lowest BCUT2D eigenvalue weighted by Gasteiger charge is -2.19. The molecule has 3 heteroatoms. The van der Waals surface area contributed by atoms with E-state index in [1.165, 1.54) is 12.0 Å². The molecule has 1 aromatic rings. The fourth-order valence-electron chi connectivity index (χ4n) is 3.70. The van der Waals surface area contributed by atoms with E-state index < -0.39 is 0 Å². The summed E-state index contributed by atoms with van der Waals surface area (Å²) in [7, 11) is 0. The summed E-state index contributed by atoms with van der Waals surface area (Å²) in [5.74, 6) is 0.681. The Bertz CT molecular complexity index is 431. The van der Waals surface area contributed by atoms with Gasteiger partial charge in [0.25, 0.3) is 0 Å². The molecule has 1 heterocycles. The topological polar surface area (TPSA) is 29.9 Å². The minimum atomic E-state index is 0.394. The van der Waals surface area contributed by atoms with Crippen molar-refractivity contribution in [1.82, 2.24) is 15.1 Å². The highest BCUT2D eigenvalue weighted by Crippen LogP contribution is 2.72. The fraction of sp³-hybridized carbons (Fsp3) is 0.824. The van der Waals surface area contributed by atoms with Crippen LogP contribution in [0.1, 0.15) is 66.0 Å². The maximum Gasteiger partial charge on any atom is 0.0537 e. The zero-order valence-corrected chi connectivity index (χ0v) is 14.0. The van der Waals surface area contributed by atoms with Gasteiger partial charge in [-0.1, -0.05) is 41.5 Å². The quantitative estimate of drug-likeness (QED) is 0.816. The van der Waals surface area contributed by atoms with Crippen LogP contribution in [0.2, 0.25) is 0 Å². The summed E-state index contributed by atoms with van der Waals surface area (Å²) in [6.45, 7) is 16.1. The Hall–Kier alpha value is -0.830. The molecular weight excluding hydrogens is 246 g/mol. The summed E-state index contributed by atoms with van der Waals surface area (Å²) in [4.78, 5) is 0. The van der Waals surface area contributed by atoms with Crippen LogP contribution in [0.25, 0.3) is 0 Å². The average molecular weight is 277 g/mol. The first-order valence-corrected chi connectivity index (χ1v) is 8.12. The van der Waals surface area contributed by atoms with Crippen LogP contribution in [-0.2, 0) is 6.54 Å². The van der Waals surface area contributed by atoms with Gasteiger partial charge >= 0.3 is 0 Å². The molecule has 0 saturated heterocycles. The monoisotopic (exact) mass is 277 g/mol. The van der Waals surface area contributed by atoms with Gasteiger partial charge in [0.15, 0.2) is 0 Å². The van der Waals surface area contributed by atoms with Crippen molar-refractivity contribution in [2.24, 2.45) is 16.7 Å². The van der Waals surface area contributed by atoms with Gasteiger partial charge in [-0.3, -0.25) is 4.68 Å². The van der Waals surface area contributed by atoms with E-state index in [4.69, 9.17) is 0 Å². The van der Waals surface area contributed by atoms with Crippen LogP contribution in [0.3, 0.4) is 0 Å². The van der Waals surface area contributed by atoms with Crippen molar-refractivity contribution in [2.75, 3.05) is 6.54 Å². The van der Waals surface area contributed by atoms with E-state index in [0.717, 1.165) is 19.5 Å². The number of nitrogens with one attached hydrogen (secondary N) is 1. The van der Waals surface area contributed by atoms with Crippen LogP contribution in [0.4, 0.5) is 0 Å². The molecule has 1 atom stereocenters. The van der Waals surface area contributed by atoms with Gasteiger partial charge in [-0.2, -0.15) is 5.10 Å². The van der Waals surface area contributed by atoms with Gasteiger partial charge < -0.3 is 5.32 Å². The molecule has 2 rings (SSSR count). The zero-order chi connectivity index (χ0) is 15.0. The van der Waals surface area contributed by atoms with Crippen molar-refractivity contribution in [1.29, 1.82) is 0 Å². The van der Waals surface area contributed by atoms with Gasteiger partial charge in [0.2, 0.25) is 0 Å². The minimum absolute atomic E-state index is 0.394. The lowest BCUT2D eigenvalue weighted by atomic mass is 9.99. The second kappa shape index (κ2) is 5.51. The Morgan fingerprint density at radius 1 is 1.20 bits per heavy atom. The molecule has 0 radical (unpaired) electrons. The van der Waals surface area contributed by atoms with Crippen molar-refractivity contribution in [3.63, 3.8) is 0 Å². The Labute approximate surface area is 124 Å². The summed E-state index contributed by atoms with van der Waals surface area (Å²) in [5.41, 5.74) is 2.15. The zero-order valence-electron chi connectivity index (χ0n) is 14.0. The third-order valence-electron chi connectivity index (χ3n) is 5.54. The Morgan fingerprint density at radius 2 is 1.85 bits per heavy atom. The Balaban J connectivity index is 2.20. The molecule has 3 nitrogen and oxygen atoms in total. The molecule has 1 aliphatic carbocycles. The number of hydrogen-bond acceptors (Lipinski definition) is 2. The molecule has 1 aliphatic rings. The molecule has 0 amide bonds. The van der Waals surface area contributed by atoms with E-state index in [1.54, 1.807) is 0 Å². The highest BCUT2D eigenvalue weighted by Gasteiger charge is 2.67. The fourth-order valence-corrected chi connectivity index (χ4v) is 3.70. The molecule has 1 N–H and O–H groups in total. The third-order valence-corrected chi connectivity index (χ3v) is 5.54. The van der Waals surface area contributed by atoms with E-state index >= 15 is 0 Å². The highest BCUT2D eigenvalue weighted by atomic mass is 15.3. The van der Waals surface area contributed by atoms with Crippen LogP contribution in [-0.4, -0.2) is 16.3 Å². The molecule has 0 bridgehead atoms. The Morgan fingerprint density at radius 3 is 2.35 bits per heavy atom. The number of aryl methyl sites for hydroxylation is 1. The normalized spacial score (nSPS) is 21.9. The van der Waals surface area contributed by atoms with E-state index in [-0.39, 0.29) is 0 Å².